The number of aromatic nitrogens is 2. The number of hydrogen-bond donors (Lipinski definition) is 1. The molecule has 0 unspecified atom stereocenters. The molecule has 0 aliphatic heterocycles. The molecule has 0 aromatic carbocycles. The second-order valence-corrected chi connectivity index (χ2v) is 5.32. The predicted molar refractivity (Wildman–Crippen MR) is 79.2 cm³/mol. The van der Waals surface area contributed by atoms with Crippen molar-refractivity contribution in [3.8, 4) is 11.5 Å². The van der Waals surface area contributed by atoms with Crippen LogP contribution in [0.2, 0.25) is 0 Å². The van der Waals surface area contributed by atoms with E-state index in [1.165, 1.54) is 0 Å². The van der Waals surface area contributed by atoms with Gasteiger partial charge in [-0.2, -0.15) is 5.10 Å². The standard InChI is InChI=1S/C16H19N3O2/c1-19-14(15-8-5-9-21-15)10-13(18-19)11-17-16(20)12-6-3-2-4-7-12/h2-3,5,8-10,12H,4,6-7,11H2,1H3,(H,17,20)/t12-/m0/s1. The molecule has 2 aromatic heterocycles. The quantitative estimate of drug-likeness (QED) is 0.879. The fourth-order valence-electron chi connectivity index (χ4n) is 2.62. The van der Waals surface area contributed by atoms with Crippen molar-refractivity contribution in [3.63, 3.8) is 0 Å². The van der Waals surface area contributed by atoms with E-state index in [1.54, 1.807) is 10.9 Å². The number of aryl methyl sites for hydroxylation is 1. The van der Waals surface area contributed by atoms with Gasteiger partial charge in [0, 0.05) is 13.0 Å². The highest BCUT2D eigenvalue weighted by Crippen LogP contribution is 2.21. The van der Waals surface area contributed by atoms with Crippen LogP contribution in [0.1, 0.15) is 25.0 Å². The van der Waals surface area contributed by atoms with Gasteiger partial charge in [0.2, 0.25) is 5.91 Å². The molecular formula is C16H19N3O2. The summed E-state index contributed by atoms with van der Waals surface area (Å²) in [6, 6.07) is 5.69. The number of carbonyl (C=O) groups excluding carboxylic acids is 1. The highest BCUT2D eigenvalue weighted by atomic mass is 16.3. The Morgan fingerprint density at radius 2 is 2.43 bits per heavy atom. The number of amides is 1. The highest BCUT2D eigenvalue weighted by molar-refractivity contribution is 5.78. The molecule has 2 heterocycles. The fourth-order valence-corrected chi connectivity index (χ4v) is 2.62. The van der Waals surface area contributed by atoms with E-state index in [0.29, 0.717) is 6.54 Å². The highest BCUT2D eigenvalue weighted by Gasteiger charge is 2.18. The molecule has 0 fully saturated rings. The zero-order valence-electron chi connectivity index (χ0n) is 12.1. The van der Waals surface area contributed by atoms with Crippen molar-refractivity contribution in [2.45, 2.75) is 25.8 Å². The van der Waals surface area contributed by atoms with Crippen LogP contribution >= 0.6 is 0 Å². The van der Waals surface area contributed by atoms with E-state index < -0.39 is 0 Å². The third-order valence-electron chi connectivity index (χ3n) is 3.79. The Hall–Kier alpha value is -2.30. The van der Waals surface area contributed by atoms with Gasteiger partial charge >= 0.3 is 0 Å². The topological polar surface area (TPSA) is 60.1 Å². The first-order valence-corrected chi connectivity index (χ1v) is 7.23. The molecule has 3 rings (SSSR count). The third kappa shape index (κ3) is 3.07. The Morgan fingerprint density at radius 3 is 3.14 bits per heavy atom. The molecule has 0 radical (unpaired) electrons. The lowest BCUT2D eigenvalue weighted by Gasteiger charge is -2.16. The van der Waals surface area contributed by atoms with Crippen molar-refractivity contribution in [1.29, 1.82) is 0 Å². The smallest absolute Gasteiger partial charge is 0.223 e. The van der Waals surface area contributed by atoms with Crippen LogP contribution < -0.4 is 5.32 Å². The summed E-state index contributed by atoms with van der Waals surface area (Å²) in [6.07, 6.45) is 8.63. The number of nitrogens with zero attached hydrogens (tertiary/aromatic N) is 2. The monoisotopic (exact) mass is 285 g/mol. The number of carbonyl (C=O) groups is 1. The van der Waals surface area contributed by atoms with Gasteiger partial charge in [-0.1, -0.05) is 12.2 Å². The zero-order chi connectivity index (χ0) is 14.7. The Labute approximate surface area is 123 Å². The predicted octanol–water partition coefficient (Wildman–Crippen LogP) is 2.65. The van der Waals surface area contributed by atoms with E-state index in [0.717, 1.165) is 36.4 Å². The average Bonchev–Trinajstić information content (AvgIpc) is 3.15. The van der Waals surface area contributed by atoms with Crippen molar-refractivity contribution in [3.05, 3.63) is 42.3 Å². The summed E-state index contributed by atoms with van der Waals surface area (Å²) in [7, 11) is 1.87. The van der Waals surface area contributed by atoms with Crippen molar-refractivity contribution < 1.29 is 9.21 Å². The minimum atomic E-state index is 0.100. The summed E-state index contributed by atoms with van der Waals surface area (Å²) in [4.78, 5) is 12.1. The second kappa shape index (κ2) is 5.99. The minimum absolute atomic E-state index is 0.100. The van der Waals surface area contributed by atoms with Crippen molar-refractivity contribution in [2.24, 2.45) is 13.0 Å². The first-order chi connectivity index (χ1) is 10.2. The molecule has 1 N–H and O–H groups in total. The van der Waals surface area contributed by atoms with Crippen LogP contribution in [-0.2, 0) is 18.4 Å². The van der Waals surface area contributed by atoms with Crippen LogP contribution in [0, 0.1) is 5.92 Å². The maximum atomic E-state index is 12.1. The van der Waals surface area contributed by atoms with Gasteiger partial charge < -0.3 is 9.73 Å². The molecule has 1 aliphatic rings. The van der Waals surface area contributed by atoms with Gasteiger partial charge in [0.15, 0.2) is 5.76 Å². The van der Waals surface area contributed by atoms with Crippen LogP contribution in [-0.4, -0.2) is 15.7 Å². The SMILES string of the molecule is Cn1nc(CNC(=O)[C@H]2CC=CCC2)cc1-c1ccco1. The van der Waals surface area contributed by atoms with Crippen molar-refractivity contribution in [2.75, 3.05) is 0 Å². The van der Waals surface area contributed by atoms with Crippen molar-refractivity contribution in [1.82, 2.24) is 15.1 Å². The van der Waals surface area contributed by atoms with Gasteiger partial charge in [0.1, 0.15) is 5.69 Å². The van der Waals surface area contributed by atoms with Crippen LogP contribution in [0.3, 0.4) is 0 Å². The van der Waals surface area contributed by atoms with Crippen LogP contribution in [0.25, 0.3) is 11.5 Å². The number of rotatable bonds is 4. The van der Waals surface area contributed by atoms with Gasteiger partial charge in [0.05, 0.1) is 18.5 Å². The van der Waals surface area contributed by atoms with Crippen molar-refractivity contribution >= 4 is 5.91 Å². The van der Waals surface area contributed by atoms with Crippen LogP contribution in [0.4, 0.5) is 0 Å². The molecule has 1 atom stereocenters. The van der Waals surface area contributed by atoms with Crippen LogP contribution in [0.5, 0.6) is 0 Å². The van der Waals surface area contributed by atoms with E-state index >= 15 is 0 Å². The Bertz CT molecular complexity index is 641. The summed E-state index contributed by atoms with van der Waals surface area (Å²) >= 11 is 0. The minimum Gasteiger partial charge on any atom is -0.463 e. The molecule has 2 aromatic rings. The lowest BCUT2D eigenvalue weighted by Crippen LogP contribution is -2.30. The molecule has 0 spiro atoms. The molecule has 5 heteroatoms. The Morgan fingerprint density at radius 1 is 1.52 bits per heavy atom. The third-order valence-corrected chi connectivity index (χ3v) is 3.79. The zero-order valence-corrected chi connectivity index (χ0v) is 12.1. The number of allylic oxidation sites excluding steroid dienone is 2. The lowest BCUT2D eigenvalue weighted by atomic mass is 9.94. The first-order valence-electron chi connectivity index (χ1n) is 7.23. The maximum absolute atomic E-state index is 12.1. The number of hydrogen-bond acceptors (Lipinski definition) is 3. The maximum Gasteiger partial charge on any atom is 0.223 e. The van der Waals surface area contributed by atoms with E-state index in [2.05, 4.69) is 22.6 Å². The molecule has 1 amide bonds. The molecule has 1 aliphatic carbocycles. The fraction of sp³-hybridized carbons (Fsp3) is 0.375. The summed E-state index contributed by atoms with van der Waals surface area (Å²) in [5, 5.41) is 7.39. The van der Waals surface area contributed by atoms with Gasteiger partial charge in [-0.05, 0) is 37.5 Å². The molecular weight excluding hydrogens is 266 g/mol. The largest absolute Gasteiger partial charge is 0.463 e. The van der Waals surface area contributed by atoms with E-state index in [9.17, 15) is 4.79 Å². The van der Waals surface area contributed by atoms with Gasteiger partial charge in [0.25, 0.3) is 0 Å². The van der Waals surface area contributed by atoms with E-state index in [1.807, 2.05) is 25.2 Å². The molecule has 5 nitrogen and oxygen atoms in total. The number of nitrogens with one attached hydrogen (secondary N) is 1. The molecule has 21 heavy (non-hydrogen) atoms. The molecule has 0 saturated carbocycles. The summed E-state index contributed by atoms with van der Waals surface area (Å²) in [5.41, 5.74) is 1.74. The summed E-state index contributed by atoms with van der Waals surface area (Å²) in [6.45, 7) is 0.452. The number of furan rings is 1. The Balaban J connectivity index is 1.62. The lowest BCUT2D eigenvalue weighted by molar-refractivity contribution is -0.125. The van der Waals surface area contributed by atoms with Gasteiger partial charge in [-0.25, -0.2) is 0 Å². The normalized spacial score (nSPS) is 17.9. The van der Waals surface area contributed by atoms with E-state index in [4.69, 9.17) is 4.42 Å². The molecule has 0 bridgehead atoms. The van der Waals surface area contributed by atoms with Crippen LogP contribution in [0.15, 0.2) is 41.0 Å². The molecule has 0 saturated heterocycles. The second-order valence-electron chi connectivity index (χ2n) is 5.32. The van der Waals surface area contributed by atoms with Gasteiger partial charge in [-0.3, -0.25) is 9.48 Å². The first kappa shape index (κ1) is 13.7. The average molecular weight is 285 g/mol. The summed E-state index contributed by atoms with van der Waals surface area (Å²) in [5.74, 6) is 0.993. The molecule has 110 valence electrons. The van der Waals surface area contributed by atoms with E-state index in [-0.39, 0.29) is 11.8 Å². The summed E-state index contributed by atoms with van der Waals surface area (Å²) < 4.78 is 7.15. The van der Waals surface area contributed by atoms with Gasteiger partial charge in [-0.15, -0.1) is 0 Å². The Kier molecular flexibility index (Phi) is 3.90.